The first-order valence-corrected chi connectivity index (χ1v) is 11.1. The van der Waals surface area contributed by atoms with Crippen LogP contribution >= 0.6 is 11.3 Å². The van der Waals surface area contributed by atoms with E-state index in [0.717, 1.165) is 38.0 Å². The average Bonchev–Trinajstić information content (AvgIpc) is 3.26. The van der Waals surface area contributed by atoms with Gasteiger partial charge in [0.15, 0.2) is 5.96 Å². The van der Waals surface area contributed by atoms with Gasteiger partial charge in [-0.05, 0) is 37.4 Å². The highest BCUT2D eigenvalue weighted by atomic mass is 32.1. The highest BCUT2D eigenvalue weighted by Gasteiger charge is 2.26. The van der Waals surface area contributed by atoms with Crippen LogP contribution in [0.1, 0.15) is 24.8 Å². The summed E-state index contributed by atoms with van der Waals surface area (Å²) in [6.07, 6.45) is 3.71. The van der Waals surface area contributed by atoms with Crippen molar-refractivity contribution in [2.75, 3.05) is 45.9 Å². The number of morpholine rings is 1. The number of hydrogen-bond acceptors (Lipinski definition) is 6. The molecule has 1 aliphatic heterocycles. The van der Waals surface area contributed by atoms with E-state index in [9.17, 15) is 0 Å². The van der Waals surface area contributed by atoms with Crippen LogP contribution in [0, 0.1) is 0 Å². The second-order valence-corrected chi connectivity index (χ2v) is 7.87. The summed E-state index contributed by atoms with van der Waals surface area (Å²) in [6, 6.07) is 8.35. The lowest BCUT2D eigenvalue weighted by molar-refractivity contribution is -0.0327. The summed E-state index contributed by atoms with van der Waals surface area (Å²) in [5.74, 6) is 1.58. The molecule has 1 fully saturated rings. The number of rotatable bonds is 9. The fraction of sp³-hybridized carbons (Fsp3) is 0.524. The number of aliphatic imine (C=N–C) groups is 1. The van der Waals surface area contributed by atoms with Gasteiger partial charge < -0.3 is 20.1 Å². The first-order valence-electron chi connectivity index (χ1n) is 10.2. The van der Waals surface area contributed by atoms with Crippen LogP contribution in [-0.2, 0) is 4.74 Å². The molecule has 0 bridgehead atoms. The number of thiophene rings is 1. The van der Waals surface area contributed by atoms with E-state index in [4.69, 9.17) is 14.5 Å². The molecule has 1 saturated heterocycles. The van der Waals surface area contributed by atoms with E-state index in [1.54, 1.807) is 23.7 Å². The third-order valence-electron chi connectivity index (χ3n) is 4.65. The molecule has 1 aliphatic rings. The summed E-state index contributed by atoms with van der Waals surface area (Å²) < 4.78 is 11.4. The van der Waals surface area contributed by atoms with Gasteiger partial charge in [0.1, 0.15) is 12.4 Å². The van der Waals surface area contributed by atoms with Gasteiger partial charge in [-0.2, -0.15) is 0 Å². The molecular weight excluding hydrogens is 386 g/mol. The number of hydrogen-bond donors (Lipinski definition) is 2. The smallest absolute Gasteiger partial charge is 0.191 e. The average molecular weight is 418 g/mol. The molecule has 2 unspecified atom stereocenters. The maximum Gasteiger partial charge on any atom is 0.191 e. The zero-order valence-electron chi connectivity index (χ0n) is 17.2. The predicted molar refractivity (Wildman–Crippen MR) is 118 cm³/mol. The lowest BCUT2D eigenvalue weighted by atomic mass is 10.1. The Morgan fingerprint density at radius 3 is 3.07 bits per heavy atom. The number of ether oxygens (including phenoxy) is 2. The molecule has 2 N–H and O–H groups in total. The van der Waals surface area contributed by atoms with E-state index in [1.165, 1.54) is 4.88 Å². The van der Waals surface area contributed by atoms with Gasteiger partial charge in [0, 0.05) is 30.7 Å². The van der Waals surface area contributed by atoms with Gasteiger partial charge in [0.05, 0.1) is 38.0 Å². The number of nitrogens with zero attached hydrogens (tertiary/aromatic N) is 3. The van der Waals surface area contributed by atoms with Gasteiger partial charge in [-0.3, -0.25) is 14.9 Å². The van der Waals surface area contributed by atoms with E-state index < -0.39 is 0 Å². The maximum atomic E-state index is 5.72. The van der Waals surface area contributed by atoms with Crippen LogP contribution in [-0.4, -0.2) is 67.9 Å². The monoisotopic (exact) mass is 417 g/mol. The minimum absolute atomic E-state index is 0.256. The van der Waals surface area contributed by atoms with Crippen molar-refractivity contribution in [3.05, 3.63) is 46.9 Å². The third kappa shape index (κ3) is 6.99. The Bertz CT molecular complexity index is 726. The summed E-state index contributed by atoms with van der Waals surface area (Å²) in [5, 5.41) is 8.82. The fourth-order valence-corrected chi connectivity index (χ4v) is 4.14. The van der Waals surface area contributed by atoms with Crippen molar-refractivity contribution in [3.63, 3.8) is 0 Å². The van der Waals surface area contributed by atoms with Crippen molar-refractivity contribution >= 4 is 17.3 Å². The molecule has 2 aromatic heterocycles. The Morgan fingerprint density at radius 2 is 2.34 bits per heavy atom. The van der Waals surface area contributed by atoms with E-state index in [-0.39, 0.29) is 12.1 Å². The van der Waals surface area contributed by atoms with Crippen LogP contribution in [0.2, 0.25) is 0 Å². The Kier molecular flexibility index (Phi) is 8.73. The normalized spacial score (nSPS) is 19.0. The van der Waals surface area contributed by atoms with Crippen molar-refractivity contribution in [2.45, 2.75) is 26.0 Å². The lowest BCUT2D eigenvalue weighted by Crippen LogP contribution is -2.44. The molecule has 0 aliphatic carbocycles. The van der Waals surface area contributed by atoms with Gasteiger partial charge >= 0.3 is 0 Å². The highest BCUT2D eigenvalue weighted by molar-refractivity contribution is 7.10. The number of nitrogens with one attached hydrogen (secondary N) is 2. The van der Waals surface area contributed by atoms with Crippen LogP contribution in [0.25, 0.3) is 0 Å². The Balaban J connectivity index is 1.56. The molecule has 0 spiro atoms. The predicted octanol–water partition coefficient (Wildman–Crippen LogP) is 2.54. The van der Waals surface area contributed by atoms with Crippen molar-refractivity contribution < 1.29 is 9.47 Å². The summed E-state index contributed by atoms with van der Waals surface area (Å²) >= 11 is 1.79. The van der Waals surface area contributed by atoms with Crippen LogP contribution < -0.4 is 15.4 Å². The molecule has 0 aromatic carbocycles. The second kappa shape index (κ2) is 11.7. The van der Waals surface area contributed by atoms with E-state index in [2.05, 4.69) is 51.9 Å². The fourth-order valence-electron chi connectivity index (χ4n) is 3.29. The molecule has 3 rings (SSSR count). The van der Waals surface area contributed by atoms with Gasteiger partial charge in [-0.1, -0.05) is 6.07 Å². The Morgan fingerprint density at radius 1 is 1.41 bits per heavy atom. The third-order valence-corrected chi connectivity index (χ3v) is 5.62. The Labute approximate surface area is 177 Å². The van der Waals surface area contributed by atoms with E-state index >= 15 is 0 Å². The molecule has 2 atom stereocenters. The van der Waals surface area contributed by atoms with Gasteiger partial charge in [-0.15, -0.1) is 11.3 Å². The molecule has 8 heteroatoms. The zero-order chi connectivity index (χ0) is 20.3. The molecule has 29 heavy (non-hydrogen) atoms. The lowest BCUT2D eigenvalue weighted by Gasteiger charge is -2.36. The van der Waals surface area contributed by atoms with Crippen molar-refractivity contribution in [2.24, 2.45) is 4.99 Å². The molecule has 3 heterocycles. The van der Waals surface area contributed by atoms with Gasteiger partial charge in [0.25, 0.3) is 0 Å². The molecule has 0 amide bonds. The maximum absolute atomic E-state index is 5.72. The number of guanidine groups is 1. The van der Waals surface area contributed by atoms with Crippen LogP contribution in [0.4, 0.5) is 0 Å². The van der Waals surface area contributed by atoms with Gasteiger partial charge in [0.2, 0.25) is 0 Å². The van der Waals surface area contributed by atoms with Crippen molar-refractivity contribution in [3.8, 4) is 5.75 Å². The SMILES string of the molecule is CCNC(=NCC(c1cccs1)N1CCOC(C)C1)NCCOc1cccnc1. The highest BCUT2D eigenvalue weighted by Crippen LogP contribution is 2.27. The summed E-state index contributed by atoms with van der Waals surface area (Å²) in [5.41, 5.74) is 0. The van der Waals surface area contributed by atoms with Crippen molar-refractivity contribution in [1.82, 2.24) is 20.5 Å². The van der Waals surface area contributed by atoms with E-state index in [1.807, 2.05) is 12.1 Å². The summed E-state index contributed by atoms with van der Waals surface area (Å²) in [4.78, 5) is 12.8. The first kappa shape index (κ1) is 21.5. The topological polar surface area (TPSA) is 71.0 Å². The molecule has 0 radical (unpaired) electrons. The molecule has 0 saturated carbocycles. The zero-order valence-corrected chi connectivity index (χ0v) is 18.0. The van der Waals surface area contributed by atoms with Crippen molar-refractivity contribution in [1.29, 1.82) is 0 Å². The van der Waals surface area contributed by atoms with Crippen LogP contribution in [0.3, 0.4) is 0 Å². The van der Waals surface area contributed by atoms with Crippen LogP contribution in [0.15, 0.2) is 47.0 Å². The molecular formula is C21H31N5O2S. The molecule has 158 valence electrons. The summed E-state index contributed by atoms with van der Waals surface area (Å²) in [6.45, 7) is 9.58. The van der Waals surface area contributed by atoms with Gasteiger partial charge in [-0.25, -0.2) is 0 Å². The molecule has 2 aromatic rings. The van der Waals surface area contributed by atoms with E-state index in [0.29, 0.717) is 19.7 Å². The minimum Gasteiger partial charge on any atom is -0.490 e. The standard InChI is InChI=1S/C21H31N5O2S/c1-3-23-21(24-9-11-28-18-6-4-8-22-14-18)25-15-19(20-7-5-13-29-20)26-10-12-27-17(2)16-26/h4-8,13-14,17,19H,3,9-12,15-16H2,1-2H3,(H2,23,24,25). The number of pyridine rings is 1. The van der Waals surface area contributed by atoms with Crippen LogP contribution in [0.5, 0.6) is 5.75 Å². The second-order valence-electron chi connectivity index (χ2n) is 6.89. The number of aromatic nitrogens is 1. The summed E-state index contributed by atoms with van der Waals surface area (Å²) in [7, 11) is 0. The largest absolute Gasteiger partial charge is 0.490 e. The minimum atomic E-state index is 0.256. The Hall–Kier alpha value is -2.16. The first-order chi connectivity index (χ1) is 14.3. The quantitative estimate of drug-likeness (QED) is 0.371. The molecule has 7 nitrogen and oxygen atoms in total.